The van der Waals surface area contributed by atoms with E-state index in [9.17, 15) is 14.9 Å². The Morgan fingerprint density at radius 1 is 1.55 bits per heavy atom. The summed E-state index contributed by atoms with van der Waals surface area (Å²) in [7, 11) is 0. The SMILES string of the molecule is Cc1cnc(COC(=O)c2c[nH]c(C#N)c2)c(C)c1[N+](=O)[O-]. The summed E-state index contributed by atoms with van der Waals surface area (Å²) in [6.07, 6.45) is 2.73. The molecule has 2 aromatic rings. The molecule has 0 fully saturated rings. The number of pyridine rings is 1. The van der Waals surface area contributed by atoms with Gasteiger partial charge < -0.3 is 9.72 Å². The van der Waals surface area contributed by atoms with Crippen molar-refractivity contribution in [3.05, 3.63) is 56.7 Å². The lowest BCUT2D eigenvalue weighted by Crippen LogP contribution is -2.08. The highest BCUT2D eigenvalue weighted by atomic mass is 16.6. The summed E-state index contributed by atoms with van der Waals surface area (Å²) < 4.78 is 5.07. The monoisotopic (exact) mass is 300 g/mol. The molecule has 0 atom stereocenters. The molecule has 0 aliphatic heterocycles. The van der Waals surface area contributed by atoms with E-state index in [0.29, 0.717) is 16.8 Å². The molecule has 1 N–H and O–H groups in total. The molecule has 0 amide bonds. The van der Waals surface area contributed by atoms with Crippen molar-refractivity contribution in [2.24, 2.45) is 0 Å². The van der Waals surface area contributed by atoms with Crippen molar-refractivity contribution in [2.45, 2.75) is 20.5 Å². The fourth-order valence-corrected chi connectivity index (χ4v) is 1.99. The summed E-state index contributed by atoms with van der Waals surface area (Å²) in [6, 6.07) is 3.22. The summed E-state index contributed by atoms with van der Waals surface area (Å²) >= 11 is 0. The Hall–Kier alpha value is -3.21. The molecule has 112 valence electrons. The summed E-state index contributed by atoms with van der Waals surface area (Å²) in [5.74, 6) is -0.637. The topological polar surface area (TPSA) is 122 Å². The minimum atomic E-state index is -0.637. The molecule has 0 aliphatic carbocycles. The van der Waals surface area contributed by atoms with Gasteiger partial charge in [-0.25, -0.2) is 4.79 Å². The van der Waals surface area contributed by atoms with Crippen LogP contribution in [0.15, 0.2) is 18.5 Å². The Morgan fingerprint density at radius 3 is 2.86 bits per heavy atom. The van der Waals surface area contributed by atoms with Crippen LogP contribution in [-0.4, -0.2) is 20.9 Å². The van der Waals surface area contributed by atoms with E-state index >= 15 is 0 Å². The van der Waals surface area contributed by atoms with Crippen molar-refractivity contribution < 1.29 is 14.5 Å². The molecule has 22 heavy (non-hydrogen) atoms. The third-order valence-electron chi connectivity index (χ3n) is 3.14. The number of ether oxygens (including phenoxy) is 1. The molecule has 0 spiro atoms. The Labute approximate surface area is 125 Å². The van der Waals surface area contributed by atoms with E-state index in [4.69, 9.17) is 10.00 Å². The number of nitro groups is 1. The predicted octanol–water partition coefficient (Wildman–Crippen LogP) is 2.16. The lowest BCUT2D eigenvalue weighted by atomic mass is 10.1. The van der Waals surface area contributed by atoms with E-state index in [1.807, 2.05) is 6.07 Å². The molecule has 0 bridgehead atoms. The number of aromatic nitrogens is 2. The highest BCUT2D eigenvalue weighted by Gasteiger charge is 2.20. The van der Waals surface area contributed by atoms with E-state index in [0.717, 1.165) is 0 Å². The van der Waals surface area contributed by atoms with Crippen LogP contribution in [0.4, 0.5) is 5.69 Å². The van der Waals surface area contributed by atoms with Crippen LogP contribution in [0.5, 0.6) is 0 Å². The van der Waals surface area contributed by atoms with Crippen molar-refractivity contribution in [1.29, 1.82) is 5.26 Å². The highest BCUT2D eigenvalue weighted by molar-refractivity contribution is 5.89. The lowest BCUT2D eigenvalue weighted by molar-refractivity contribution is -0.386. The van der Waals surface area contributed by atoms with Gasteiger partial charge in [0.25, 0.3) is 5.69 Å². The number of aryl methyl sites for hydroxylation is 1. The van der Waals surface area contributed by atoms with E-state index in [1.165, 1.54) is 18.5 Å². The summed E-state index contributed by atoms with van der Waals surface area (Å²) in [4.78, 5) is 29.0. The number of nitrogens with zero attached hydrogens (tertiary/aromatic N) is 3. The number of nitriles is 1. The molecule has 0 aliphatic rings. The number of carbonyl (C=O) groups excluding carboxylic acids is 1. The van der Waals surface area contributed by atoms with Crippen LogP contribution in [0.1, 0.15) is 32.9 Å². The van der Waals surface area contributed by atoms with E-state index < -0.39 is 10.9 Å². The van der Waals surface area contributed by atoms with Crippen molar-refractivity contribution in [3.8, 4) is 6.07 Å². The predicted molar refractivity (Wildman–Crippen MR) is 75.0 cm³/mol. The minimum Gasteiger partial charge on any atom is -0.456 e. The Kier molecular flexibility index (Phi) is 4.18. The van der Waals surface area contributed by atoms with E-state index in [-0.39, 0.29) is 23.6 Å². The standard InChI is InChI=1S/C14H12N4O4/c1-8-5-17-12(9(2)13(8)18(20)21)7-22-14(19)10-3-11(4-15)16-6-10/h3,5-6,16H,7H2,1-2H3. The van der Waals surface area contributed by atoms with Gasteiger partial charge in [0.15, 0.2) is 0 Å². The molecule has 0 aromatic carbocycles. The first-order valence-corrected chi connectivity index (χ1v) is 6.29. The number of carbonyl (C=O) groups is 1. The highest BCUT2D eigenvalue weighted by Crippen LogP contribution is 2.24. The number of aromatic amines is 1. The molecule has 2 aromatic heterocycles. The van der Waals surface area contributed by atoms with Gasteiger partial charge in [-0.05, 0) is 19.9 Å². The maximum atomic E-state index is 11.8. The summed E-state index contributed by atoms with van der Waals surface area (Å²) in [5.41, 5.74) is 1.55. The smallest absolute Gasteiger partial charge is 0.340 e. The second-order valence-electron chi connectivity index (χ2n) is 4.61. The Bertz CT molecular complexity index is 789. The molecule has 8 heteroatoms. The minimum absolute atomic E-state index is 0.0329. The average Bonchev–Trinajstić information content (AvgIpc) is 2.95. The Balaban J connectivity index is 2.15. The quantitative estimate of drug-likeness (QED) is 0.524. The maximum Gasteiger partial charge on any atom is 0.340 e. The van der Waals surface area contributed by atoms with Gasteiger partial charge >= 0.3 is 5.97 Å². The Morgan fingerprint density at radius 2 is 2.27 bits per heavy atom. The van der Waals surface area contributed by atoms with Crippen molar-refractivity contribution in [1.82, 2.24) is 9.97 Å². The molecule has 0 unspecified atom stereocenters. The van der Waals surface area contributed by atoms with Gasteiger partial charge in [0.05, 0.1) is 21.7 Å². The third-order valence-corrected chi connectivity index (χ3v) is 3.14. The molecular formula is C14H12N4O4. The zero-order chi connectivity index (χ0) is 16.3. The molecule has 0 saturated carbocycles. The number of H-pyrrole nitrogens is 1. The van der Waals surface area contributed by atoms with Gasteiger partial charge in [0.2, 0.25) is 0 Å². The largest absolute Gasteiger partial charge is 0.456 e. The third kappa shape index (κ3) is 2.93. The first-order chi connectivity index (χ1) is 10.4. The van der Waals surface area contributed by atoms with Crippen molar-refractivity contribution >= 4 is 11.7 Å². The van der Waals surface area contributed by atoms with Crippen LogP contribution >= 0.6 is 0 Å². The number of rotatable bonds is 4. The van der Waals surface area contributed by atoms with Crippen LogP contribution in [0, 0.1) is 35.3 Å². The zero-order valence-electron chi connectivity index (χ0n) is 11.9. The van der Waals surface area contributed by atoms with E-state index in [1.54, 1.807) is 13.8 Å². The van der Waals surface area contributed by atoms with Crippen LogP contribution in [0.3, 0.4) is 0 Å². The molecule has 2 rings (SSSR count). The van der Waals surface area contributed by atoms with Gasteiger partial charge in [-0.1, -0.05) is 0 Å². The molecule has 0 saturated heterocycles. The van der Waals surface area contributed by atoms with Crippen LogP contribution in [0.25, 0.3) is 0 Å². The first-order valence-electron chi connectivity index (χ1n) is 6.29. The van der Waals surface area contributed by atoms with Gasteiger partial charge in [-0.15, -0.1) is 0 Å². The molecule has 0 radical (unpaired) electrons. The molecule has 8 nitrogen and oxygen atoms in total. The van der Waals surface area contributed by atoms with Gasteiger partial charge in [-0.3, -0.25) is 15.1 Å². The van der Waals surface area contributed by atoms with Crippen molar-refractivity contribution in [3.63, 3.8) is 0 Å². The van der Waals surface area contributed by atoms with Crippen LogP contribution < -0.4 is 0 Å². The fraction of sp³-hybridized carbons (Fsp3) is 0.214. The van der Waals surface area contributed by atoms with Crippen LogP contribution in [-0.2, 0) is 11.3 Å². The summed E-state index contributed by atoms with van der Waals surface area (Å²) in [5, 5.41) is 19.7. The lowest BCUT2D eigenvalue weighted by Gasteiger charge is -2.08. The first kappa shape index (κ1) is 15.2. The molecule has 2 heterocycles. The van der Waals surface area contributed by atoms with Crippen molar-refractivity contribution in [2.75, 3.05) is 0 Å². The second-order valence-corrected chi connectivity index (χ2v) is 4.61. The van der Waals surface area contributed by atoms with Crippen LogP contribution in [0.2, 0.25) is 0 Å². The number of hydrogen-bond acceptors (Lipinski definition) is 6. The molecular weight excluding hydrogens is 288 g/mol. The number of esters is 1. The maximum absolute atomic E-state index is 11.8. The van der Waals surface area contributed by atoms with Gasteiger partial charge in [-0.2, -0.15) is 5.26 Å². The zero-order valence-corrected chi connectivity index (χ0v) is 11.9. The average molecular weight is 300 g/mol. The fourth-order valence-electron chi connectivity index (χ4n) is 1.99. The summed E-state index contributed by atoms with van der Waals surface area (Å²) in [6.45, 7) is 2.97. The second kappa shape index (κ2) is 6.05. The number of nitrogens with one attached hydrogen (secondary N) is 1. The normalized spacial score (nSPS) is 10.0. The number of hydrogen-bond donors (Lipinski definition) is 1. The van der Waals surface area contributed by atoms with Gasteiger partial charge in [0, 0.05) is 18.0 Å². The van der Waals surface area contributed by atoms with Gasteiger partial charge in [0.1, 0.15) is 18.4 Å². The van der Waals surface area contributed by atoms with E-state index in [2.05, 4.69) is 9.97 Å².